The summed E-state index contributed by atoms with van der Waals surface area (Å²) in [6, 6.07) is 0.264. The molecular weight excluding hydrogens is 199 g/mol. The first-order valence-corrected chi connectivity index (χ1v) is 3.55. The third kappa shape index (κ3) is 8.87. The number of carboxylic acids is 1. The van der Waals surface area contributed by atoms with Crippen LogP contribution in [-0.4, -0.2) is 42.3 Å². The van der Waals surface area contributed by atoms with Gasteiger partial charge in [0.15, 0.2) is 0 Å². The average Bonchev–Trinajstić information content (AvgIpc) is 2.02. The summed E-state index contributed by atoms with van der Waals surface area (Å²) in [6.07, 6.45) is -0.00204. The van der Waals surface area contributed by atoms with Crippen molar-refractivity contribution in [3.63, 3.8) is 0 Å². The molecule has 1 N–H and O–H groups in total. The predicted molar refractivity (Wildman–Crippen MR) is 45.7 cm³/mol. The minimum atomic E-state index is -5.08. The lowest BCUT2D eigenvalue weighted by atomic mass is 10.3. The van der Waals surface area contributed by atoms with Crippen LogP contribution in [0.3, 0.4) is 0 Å². The topological polar surface area (TPSA) is 40.5 Å². The molecule has 0 amide bonds. The highest BCUT2D eigenvalue weighted by atomic mass is 19.4. The smallest absolute Gasteiger partial charge is 0.475 e. The summed E-state index contributed by atoms with van der Waals surface area (Å²) in [5.74, 6) is -0.167. The minimum absolute atomic E-state index is 0.264. The summed E-state index contributed by atoms with van der Waals surface area (Å²) in [7, 11) is 3.93. The molecule has 0 aliphatic heterocycles. The van der Waals surface area contributed by atoms with Crippen molar-refractivity contribution in [2.24, 2.45) is 0 Å². The molecule has 0 aliphatic carbocycles. The third-order valence-corrected chi connectivity index (χ3v) is 1.26. The lowest BCUT2D eigenvalue weighted by Gasteiger charge is -2.11. The van der Waals surface area contributed by atoms with Gasteiger partial charge in [-0.1, -0.05) is 5.92 Å². The Morgan fingerprint density at radius 3 is 1.79 bits per heavy atom. The van der Waals surface area contributed by atoms with E-state index in [0.717, 1.165) is 0 Å². The molecule has 0 aromatic carbocycles. The van der Waals surface area contributed by atoms with Crippen LogP contribution < -0.4 is 0 Å². The van der Waals surface area contributed by atoms with Crippen LogP contribution in [0.4, 0.5) is 13.2 Å². The molecule has 0 aliphatic rings. The molecule has 82 valence electrons. The molecule has 0 fully saturated rings. The van der Waals surface area contributed by atoms with E-state index in [2.05, 4.69) is 5.92 Å². The number of terminal acetylenes is 1. The number of nitrogens with zero attached hydrogens (tertiary/aromatic N) is 1. The molecule has 1 unspecified atom stereocenters. The number of hydrogen-bond acceptors (Lipinski definition) is 2. The normalized spacial score (nSPS) is 12.4. The van der Waals surface area contributed by atoms with Crippen molar-refractivity contribution in [2.75, 3.05) is 14.1 Å². The third-order valence-electron chi connectivity index (χ3n) is 1.26. The largest absolute Gasteiger partial charge is 0.490 e. The van der Waals surface area contributed by atoms with E-state index in [9.17, 15) is 13.2 Å². The van der Waals surface area contributed by atoms with Crippen LogP contribution in [0.5, 0.6) is 0 Å². The van der Waals surface area contributed by atoms with E-state index in [4.69, 9.17) is 16.3 Å². The number of halogens is 3. The quantitative estimate of drug-likeness (QED) is 0.662. The molecule has 0 radical (unpaired) electrons. The van der Waals surface area contributed by atoms with Gasteiger partial charge >= 0.3 is 12.1 Å². The zero-order chi connectivity index (χ0) is 11.9. The van der Waals surface area contributed by atoms with Crippen LogP contribution in [0.15, 0.2) is 0 Å². The first-order chi connectivity index (χ1) is 6.12. The van der Waals surface area contributed by atoms with Crippen LogP contribution in [-0.2, 0) is 4.79 Å². The molecule has 0 saturated heterocycles. The van der Waals surface area contributed by atoms with Gasteiger partial charge in [-0.3, -0.25) is 4.90 Å². The molecule has 0 rings (SSSR count). The van der Waals surface area contributed by atoms with Crippen molar-refractivity contribution in [1.29, 1.82) is 0 Å². The van der Waals surface area contributed by atoms with Crippen LogP contribution in [0.2, 0.25) is 0 Å². The first kappa shape index (κ1) is 15.3. The fourth-order valence-electron chi connectivity index (χ4n) is 0.149. The van der Waals surface area contributed by atoms with Crippen LogP contribution in [0, 0.1) is 12.3 Å². The van der Waals surface area contributed by atoms with Gasteiger partial charge in [0.1, 0.15) is 0 Å². The Kier molecular flexibility index (Phi) is 6.83. The van der Waals surface area contributed by atoms with Crippen LogP contribution in [0.25, 0.3) is 0 Å². The highest BCUT2D eigenvalue weighted by Crippen LogP contribution is 2.13. The van der Waals surface area contributed by atoms with E-state index in [1.54, 1.807) is 0 Å². The second-order valence-electron chi connectivity index (χ2n) is 2.61. The highest BCUT2D eigenvalue weighted by molar-refractivity contribution is 5.73. The highest BCUT2D eigenvalue weighted by Gasteiger charge is 2.38. The van der Waals surface area contributed by atoms with Gasteiger partial charge in [-0.15, -0.1) is 6.42 Å². The van der Waals surface area contributed by atoms with Gasteiger partial charge in [-0.2, -0.15) is 13.2 Å². The summed E-state index contributed by atoms with van der Waals surface area (Å²) in [6.45, 7) is 1.99. The van der Waals surface area contributed by atoms with Gasteiger partial charge in [0.2, 0.25) is 0 Å². The fraction of sp³-hybridized carbons (Fsp3) is 0.625. The maximum absolute atomic E-state index is 10.6. The Labute approximate surface area is 80.5 Å². The van der Waals surface area contributed by atoms with Crippen molar-refractivity contribution < 1.29 is 23.1 Å². The molecule has 0 aromatic rings. The summed E-state index contributed by atoms with van der Waals surface area (Å²) in [4.78, 5) is 10.9. The molecule has 14 heavy (non-hydrogen) atoms. The molecule has 6 heteroatoms. The SMILES string of the molecule is C#CC(C)N(C)C.O=C(O)C(F)(F)F. The van der Waals surface area contributed by atoms with Crippen molar-refractivity contribution in [2.45, 2.75) is 19.1 Å². The molecule has 3 nitrogen and oxygen atoms in total. The molecule has 0 saturated carbocycles. The maximum atomic E-state index is 10.6. The summed E-state index contributed by atoms with van der Waals surface area (Å²) in [5, 5.41) is 7.12. The van der Waals surface area contributed by atoms with Crippen molar-refractivity contribution in [3.05, 3.63) is 0 Å². The minimum Gasteiger partial charge on any atom is -0.475 e. The van der Waals surface area contributed by atoms with Crippen LogP contribution in [0.1, 0.15) is 6.92 Å². The van der Waals surface area contributed by atoms with Crippen molar-refractivity contribution >= 4 is 5.97 Å². The van der Waals surface area contributed by atoms with E-state index in [1.165, 1.54) is 0 Å². The second kappa shape index (κ2) is 6.27. The molecule has 0 aromatic heterocycles. The first-order valence-electron chi connectivity index (χ1n) is 3.55. The van der Waals surface area contributed by atoms with Gasteiger partial charge < -0.3 is 5.11 Å². The Hall–Kier alpha value is -1.22. The maximum Gasteiger partial charge on any atom is 0.490 e. The number of carboxylic acid groups (broad SMARTS) is 1. The lowest BCUT2D eigenvalue weighted by molar-refractivity contribution is -0.192. The Morgan fingerprint density at radius 1 is 1.50 bits per heavy atom. The Bertz CT molecular complexity index is 218. The number of alkyl halides is 3. The number of hydrogen-bond donors (Lipinski definition) is 1. The number of carbonyl (C=O) groups is 1. The monoisotopic (exact) mass is 211 g/mol. The van der Waals surface area contributed by atoms with Crippen LogP contribution >= 0.6 is 0 Å². The van der Waals surface area contributed by atoms with E-state index in [0.29, 0.717) is 0 Å². The lowest BCUT2D eigenvalue weighted by Crippen LogP contribution is -2.22. The van der Waals surface area contributed by atoms with E-state index in [-0.39, 0.29) is 6.04 Å². The average molecular weight is 211 g/mol. The summed E-state index contributed by atoms with van der Waals surface area (Å²) in [5.41, 5.74) is 0. The zero-order valence-electron chi connectivity index (χ0n) is 8.09. The van der Waals surface area contributed by atoms with Gasteiger partial charge in [0.25, 0.3) is 0 Å². The van der Waals surface area contributed by atoms with E-state index >= 15 is 0 Å². The van der Waals surface area contributed by atoms with Gasteiger partial charge in [-0.05, 0) is 21.0 Å². The molecule has 0 heterocycles. The van der Waals surface area contributed by atoms with Gasteiger partial charge in [-0.25, -0.2) is 4.79 Å². The van der Waals surface area contributed by atoms with Crippen molar-refractivity contribution in [1.82, 2.24) is 4.90 Å². The fourth-order valence-corrected chi connectivity index (χ4v) is 0.149. The Morgan fingerprint density at radius 2 is 1.79 bits per heavy atom. The van der Waals surface area contributed by atoms with E-state index in [1.807, 2.05) is 25.9 Å². The standard InChI is InChI=1S/C6H11N.C2HF3O2/c1-5-6(2)7(3)4;3-2(4,5)1(6)7/h1,6H,2-4H3;(H,6,7). The molecular formula is C8H12F3NO2. The second-order valence-corrected chi connectivity index (χ2v) is 2.61. The van der Waals surface area contributed by atoms with E-state index < -0.39 is 12.1 Å². The van der Waals surface area contributed by atoms with Gasteiger partial charge in [0, 0.05) is 0 Å². The summed E-state index contributed by atoms with van der Waals surface area (Å²) < 4.78 is 31.7. The molecule has 0 bridgehead atoms. The summed E-state index contributed by atoms with van der Waals surface area (Å²) >= 11 is 0. The predicted octanol–water partition coefficient (Wildman–Crippen LogP) is 1.20. The van der Waals surface area contributed by atoms with Crippen molar-refractivity contribution in [3.8, 4) is 12.3 Å². The number of rotatable bonds is 1. The molecule has 1 atom stereocenters. The Balaban J connectivity index is 0. The zero-order valence-corrected chi connectivity index (χ0v) is 8.09. The number of aliphatic carboxylic acids is 1. The van der Waals surface area contributed by atoms with Gasteiger partial charge in [0.05, 0.1) is 6.04 Å². The molecule has 0 spiro atoms.